The van der Waals surface area contributed by atoms with Crippen LogP contribution in [0.1, 0.15) is 10.6 Å². The van der Waals surface area contributed by atoms with Gasteiger partial charge in [0, 0.05) is 31.2 Å². The summed E-state index contributed by atoms with van der Waals surface area (Å²) < 4.78 is 7.12. The maximum absolute atomic E-state index is 11.7. The molecule has 0 atom stereocenters. The lowest BCUT2D eigenvalue weighted by Gasteiger charge is -2.08. The molecule has 0 radical (unpaired) electrons. The summed E-state index contributed by atoms with van der Waals surface area (Å²) in [6.07, 6.45) is 3.30. The number of anilines is 1. The highest BCUT2D eigenvalue weighted by Crippen LogP contribution is 2.13. The highest BCUT2D eigenvalue weighted by atomic mass is 16.5. The SMILES string of the molecule is Cn1ccnc1C(=O)NCCOc1cccc(N)c1. The standard InChI is InChI=1S/C13H16N4O2/c1-17-7-5-15-12(17)13(18)16-6-8-19-11-4-2-3-10(14)9-11/h2-5,7,9H,6,8,14H2,1H3,(H,16,18). The Morgan fingerprint density at radius 1 is 1.53 bits per heavy atom. The first kappa shape index (κ1) is 12.9. The van der Waals surface area contributed by atoms with Crippen molar-refractivity contribution in [3.8, 4) is 5.75 Å². The number of hydrogen-bond acceptors (Lipinski definition) is 4. The molecule has 6 heteroatoms. The summed E-state index contributed by atoms with van der Waals surface area (Å²) in [6.45, 7) is 0.778. The van der Waals surface area contributed by atoms with Gasteiger partial charge in [0.05, 0.1) is 6.54 Å². The van der Waals surface area contributed by atoms with Crippen molar-refractivity contribution < 1.29 is 9.53 Å². The quantitative estimate of drug-likeness (QED) is 0.615. The molecule has 0 fully saturated rings. The minimum atomic E-state index is -0.219. The minimum Gasteiger partial charge on any atom is -0.492 e. The molecule has 0 spiro atoms. The Kier molecular flexibility index (Phi) is 4.02. The fourth-order valence-corrected chi connectivity index (χ4v) is 1.60. The Bertz CT molecular complexity index is 565. The number of carbonyl (C=O) groups excluding carboxylic acids is 1. The molecule has 1 aromatic heterocycles. The van der Waals surface area contributed by atoms with Crippen LogP contribution in [0, 0.1) is 0 Å². The van der Waals surface area contributed by atoms with E-state index in [1.54, 1.807) is 36.1 Å². The maximum Gasteiger partial charge on any atom is 0.287 e. The van der Waals surface area contributed by atoms with Gasteiger partial charge in [-0.25, -0.2) is 4.98 Å². The molecule has 1 amide bonds. The van der Waals surface area contributed by atoms with E-state index < -0.39 is 0 Å². The van der Waals surface area contributed by atoms with Gasteiger partial charge >= 0.3 is 0 Å². The minimum absolute atomic E-state index is 0.219. The predicted molar refractivity (Wildman–Crippen MR) is 71.9 cm³/mol. The summed E-state index contributed by atoms with van der Waals surface area (Å²) in [5.74, 6) is 0.846. The van der Waals surface area contributed by atoms with Gasteiger partial charge < -0.3 is 20.4 Å². The third-order valence-electron chi connectivity index (χ3n) is 2.54. The van der Waals surface area contributed by atoms with Crippen molar-refractivity contribution in [2.75, 3.05) is 18.9 Å². The number of nitrogens with zero attached hydrogens (tertiary/aromatic N) is 2. The van der Waals surface area contributed by atoms with E-state index in [2.05, 4.69) is 10.3 Å². The fraction of sp³-hybridized carbons (Fsp3) is 0.231. The van der Waals surface area contributed by atoms with Crippen molar-refractivity contribution in [2.24, 2.45) is 7.05 Å². The van der Waals surface area contributed by atoms with E-state index in [4.69, 9.17) is 10.5 Å². The van der Waals surface area contributed by atoms with Crippen LogP contribution in [0.3, 0.4) is 0 Å². The van der Waals surface area contributed by atoms with Crippen molar-refractivity contribution >= 4 is 11.6 Å². The highest BCUT2D eigenvalue weighted by Gasteiger charge is 2.09. The van der Waals surface area contributed by atoms with E-state index in [1.807, 2.05) is 12.1 Å². The summed E-state index contributed by atoms with van der Waals surface area (Å²) in [7, 11) is 1.77. The number of benzene rings is 1. The molecule has 2 rings (SSSR count). The zero-order valence-electron chi connectivity index (χ0n) is 10.7. The first-order chi connectivity index (χ1) is 9.16. The number of nitrogen functional groups attached to an aromatic ring is 1. The molecule has 1 aromatic carbocycles. The molecule has 19 heavy (non-hydrogen) atoms. The number of carbonyl (C=O) groups is 1. The Morgan fingerprint density at radius 2 is 2.37 bits per heavy atom. The molecule has 0 aliphatic carbocycles. The smallest absolute Gasteiger partial charge is 0.287 e. The molecular weight excluding hydrogens is 244 g/mol. The number of imidazole rings is 1. The monoisotopic (exact) mass is 260 g/mol. The van der Waals surface area contributed by atoms with Crippen molar-refractivity contribution in [2.45, 2.75) is 0 Å². The molecule has 0 aliphatic heterocycles. The van der Waals surface area contributed by atoms with Gasteiger partial charge in [0.2, 0.25) is 0 Å². The van der Waals surface area contributed by atoms with Crippen molar-refractivity contribution in [3.05, 3.63) is 42.5 Å². The second-order valence-corrected chi connectivity index (χ2v) is 4.04. The van der Waals surface area contributed by atoms with Gasteiger partial charge in [0.15, 0.2) is 5.82 Å². The van der Waals surface area contributed by atoms with Crippen molar-refractivity contribution in [1.82, 2.24) is 14.9 Å². The zero-order valence-corrected chi connectivity index (χ0v) is 10.7. The largest absolute Gasteiger partial charge is 0.492 e. The van der Waals surface area contributed by atoms with E-state index in [9.17, 15) is 4.79 Å². The predicted octanol–water partition coefficient (Wildman–Crippen LogP) is 0.811. The van der Waals surface area contributed by atoms with E-state index in [-0.39, 0.29) is 5.91 Å². The van der Waals surface area contributed by atoms with Crippen LogP contribution in [-0.4, -0.2) is 28.6 Å². The number of amides is 1. The van der Waals surface area contributed by atoms with Gasteiger partial charge in [0.25, 0.3) is 5.91 Å². The molecule has 2 aromatic rings. The summed E-state index contributed by atoms with van der Waals surface area (Å²) in [5, 5.41) is 2.73. The van der Waals surface area contributed by atoms with Crippen LogP contribution >= 0.6 is 0 Å². The molecule has 6 nitrogen and oxygen atoms in total. The molecule has 0 saturated heterocycles. The van der Waals surface area contributed by atoms with Crippen LogP contribution in [0.5, 0.6) is 5.75 Å². The van der Waals surface area contributed by atoms with Crippen LogP contribution < -0.4 is 15.8 Å². The first-order valence-corrected chi connectivity index (χ1v) is 5.90. The van der Waals surface area contributed by atoms with Crippen LogP contribution in [0.4, 0.5) is 5.69 Å². The van der Waals surface area contributed by atoms with Gasteiger partial charge in [-0.1, -0.05) is 6.07 Å². The van der Waals surface area contributed by atoms with E-state index in [1.165, 1.54) is 0 Å². The van der Waals surface area contributed by atoms with Gasteiger partial charge in [-0.15, -0.1) is 0 Å². The van der Waals surface area contributed by atoms with Crippen molar-refractivity contribution in [1.29, 1.82) is 0 Å². The van der Waals surface area contributed by atoms with Gasteiger partial charge in [0.1, 0.15) is 12.4 Å². The number of aromatic nitrogens is 2. The molecule has 3 N–H and O–H groups in total. The summed E-state index contributed by atoms with van der Waals surface area (Å²) >= 11 is 0. The Labute approximate surface area is 111 Å². The number of hydrogen-bond donors (Lipinski definition) is 2. The third kappa shape index (κ3) is 3.48. The number of nitrogens with one attached hydrogen (secondary N) is 1. The molecule has 0 bridgehead atoms. The molecule has 100 valence electrons. The average Bonchev–Trinajstić information content (AvgIpc) is 2.81. The maximum atomic E-state index is 11.7. The molecule has 0 aliphatic rings. The lowest BCUT2D eigenvalue weighted by atomic mass is 10.3. The highest BCUT2D eigenvalue weighted by molar-refractivity contribution is 5.90. The Hall–Kier alpha value is -2.50. The first-order valence-electron chi connectivity index (χ1n) is 5.90. The normalized spacial score (nSPS) is 10.2. The second-order valence-electron chi connectivity index (χ2n) is 4.04. The number of aryl methyl sites for hydroxylation is 1. The van der Waals surface area contributed by atoms with Crippen molar-refractivity contribution in [3.63, 3.8) is 0 Å². The fourth-order valence-electron chi connectivity index (χ4n) is 1.60. The van der Waals surface area contributed by atoms with Crippen LogP contribution in [0.15, 0.2) is 36.7 Å². The van der Waals surface area contributed by atoms with E-state index >= 15 is 0 Å². The number of nitrogens with two attached hydrogens (primary N) is 1. The summed E-state index contributed by atoms with van der Waals surface area (Å²) in [5.41, 5.74) is 6.28. The lowest BCUT2D eigenvalue weighted by Crippen LogP contribution is -2.30. The zero-order chi connectivity index (χ0) is 13.7. The number of rotatable bonds is 5. The number of ether oxygens (including phenoxy) is 1. The molecule has 1 heterocycles. The average molecular weight is 260 g/mol. The Balaban J connectivity index is 1.75. The van der Waals surface area contributed by atoms with Crippen LogP contribution in [-0.2, 0) is 7.05 Å². The summed E-state index contributed by atoms with van der Waals surface area (Å²) in [6, 6.07) is 7.16. The van der Waals surface area contributed by atoms with Crippen LogP contribution in [0.25, 0.3) is 0 Å². The van der Waals surface area contributed by atoms with Gasteiger partial charge in [-0.05, 0) is 12.1 Å². The second kappa shape index (κ2) is 5.90. The lowest BCUT2D eigenvalue weighted by molar-refractivity contribution is 0.0933. The molecular formula is C13H16N4O2. The topological polar surface area (TPSA) is 82.2 Å². The van der Waals surface area contributed by atoms with Crippen LogP contribution in [0.2, 0.25) is 0 Å². The van der Waals surface area contributed by atoms with E-state index in [0.29, 0.717) is 30.4 Å². The molecule has 0 unspecified atom stereocenters. The summed E-state index contributed by atoms with van der Waals surface area (Å²) in [4.78, 5) is 15.7. The van der Waals surface area contributed by atoms with E-state index in [0.717, 1.165) is 0 Å². The molecule has 0 saturated carbocycles. The van der Waals surface area contributed by atoms with Gasteiger partial charge in [-0.2, -0.15) is 0 Å². The third-order valence-corrected chi connectivity index (χ3v) is 2.54. The Morgan fingerprint density at radius 3 is 3.05 bits per heavy atom. The van der Waals surface area contributed by atoms with Gasteiger partial charge in [-0.3, -0.25) is 4.79 Å².